The molecule has 136 valence electrons. The van der Waals surface area contributed by atoms with E-state index < -0.39 is 17.4 Å². The third-order valence-corrected chi connectivity index (χ3v) is 3.89. The number of allylic oxidation sites excluding steroid dienone is 2. The summed E-state index contributed by atoms with van der Waals surface area (Å²) in [5, 5.41) is 5.78. The maximum Gasteiger partial charge on any atom is 0.397 e. The minimum Gasteiger partial charge on any atom is -0.454 e. The molecule has 0 aromatic heterocycles. The highest BCUT2D eigenvalue weighted by Crippen LogP contribution is 2.23. The predicted molar refractivity (Wildman–Crippen MR) is 102 cm³/mol. The summed E-state index contributed by atoms with van der Waals surface area (Å²) in [5.74, 6) is -1.66. The Morgan fingerprint density at radius 2 is 1.92 bits per heavy atom. The fourth-order valence-electron chi connectivity index (χ4n) is 2.48. The molecule has 1 aliphatic carbocycles. The molecule has 0 radical (unpaired) electrons. The molecule has 5 nitrogen and oxygen atoms in total. The minimum atomic E-state index is -0.897. The van der Waals surface area contributed by atoms with Gasteiger partial charge in [0.1, 0.15) is 6.61 Å². The van der Waals surface area contributed by atoms with E-state index >= 15 is 0 Å². The monoisotopic (exact) mass is 352 g/mol. The number of hydrogen-bond acceptors (Lipinski definition) is 4. The van der Waals surface area contributed by atoms with Crippen LogP contribution in [0.25, 0.3) is 0 Å². The molecule has 1 aliphatic rings. The van der Waals surface area contributed by atoms with Gasteiger partial charge < -0.3 is 15.4 Å². The summed E-state index contributed by atoms with van der Waals surface area (Å²) in [6, 6.07) is 9.22. The van der Waals surface area contributed by atoms with Crippen molar-refractivity contribution in [1.29, 1.82) is 0 Å². The summed E-state index contributed by atoms with van der Waals surface area (Å²) in [6.45, 7) is 11.5. The van der Waals surface area contributed by atoms with Gasteiger partial charge >= 0.3 is 11.9 Å². The normalized spacial score (nSPS) is 18.5. The molecule has 0 saturated heterocycles. The summed E-state index contributed by atoms with van der Waals surface area (Å²) < 4.78 is 5.06. The third kappa shape index (κ3) is 5.48. The Morgan fingerprint density at radius 3 is 2.50 bits per heavy atom. The fourth-order valence-corrected chi connectivity index (χ4v) is 2.48. The molecule has 1 unspecified atom stereocenters. The van der Waals surface area contributed by atoms with Crippen LogP contribution in [-0.4, -0.2) is 17.4 Å². The molecule has 0 aliphatic heterocycles. The molecule has 2 N–H and O–H groups in total. The van der Waals surface area contributed by atoms with Gasteiger partial charge in [-0.2, -0.15) is 0 Å². The lowest BCUT2D eigenvalue weighted by Gasteiger charge is -2.29. The second kappa shape index (κ2) is 8.34. The highest BCUT2D eigenvalue weighted by Gasteiger charge is 2.28. The molecule has 1 aromatic carbocycles. The Morgan fingerprint density at radius 1 is 1.23 bits per heavy atom. The van der Waals surface area contributed by atoms with Gasteiger partial charge in [-0.25, -0.2) is 4.79 Å². The van der Waals surface area contributed by atoms with E-state index in [4.69, 9.17) is 4.74 Å². The SMILES string of the molecule is C=C(C)NC(=C)C1=CCC(C)(NC(=O)C(=O)OCc2ccccc2)C=C1. The molecular weight excluding hydrogens is 328 g/mol. The first-order chi connectivity index (χ1) is 12.3. The molecule has 1 amide bonds. The smallest absolute Gasteiger partial charge is 0.397 e. The third-order valence-electron chi connectivity index (χ3n) is 3.89. The Hall–Kier alpha value is -3.08. The number of benzene rings is 1. The number of carbonyl (C=O) groups is 2. The first kappa shape index (κ1) is 19.2. The van der Waals surface area contributed by atoms with Crippen LogP contribution in [0.4, 0.5) is 0 Å². The zero-order valence-corrected chi connectivity index (χ0v) is 15.2. The van der Waals surface area contributed by atoms with E-state index in [1.54, 1.807) is 0 Å². The van der Waals surface area contributed by atoms with Gasteiger partial charge in [-0.15, -0.1) is 0 Å². The molecule has 1 atom stereocenters. The summed E-state index contributed by atoms with van der Waals surface area (Å²) in [5.41, 5.74) is 2.63. The lowest BCUT2D eigenvalue weighted by Crippen LogP contribution is -2.48. The van der Waals surface area contributed by atoms with Crippen LogP contribution < -0.4 is 10.6 Å². The van der Waals surface area contributed by atoms with Crippen LogP contribution in [0, 0.1) is 0 Å². The molecule has 0 heterocycles. The van der Waals surface area contributed by atoms with Crippen molar-refractivity contribution in [2.45, 2.75) is 32.4 Å². The molecule has 0 bridgehead atoms. The van der Waals surface area contributed by atoms with Gasteiger partial charge in [0.25, 0.3) is 0 Å². The van der Waals surface area contributed by atoms with Crippen molar-refractivity contribution in [1.82, 2.24) is 10.6 Å². The predicted octanol–water partition coefficient (Wildman–Crippen LogP) is 3.13. The quantitative estimate of drug-likeness (QED) is 0.610. The second-order valence-corrected chi connectivity index (χ2v) is 6.51. The highest BCUT2D eigenvalue weighted by atomic mass is 16.5. The van der Waals surface area contributed by atoms with Gasteiger partial charge in [0.15, 0.2) is 0 Å². The van der Waals surface area contributed by atoms with Crippen LogP contribution in [0.15, 0.2) is 78.7 Å². The molecule has 1 aromatic rings. The number of rotatable bonds is 6. The molecule has 2 rings (SSSR count). The molecule has 0 saturated carbocycles. The number of hydrogen-bond donors (Lipinski definition) is 2. The van der Waals surface area contributed by atoms with Crippen molar-refractivity contribution in [2.24, 2.45) is 0 Å². The van der Waals surface area contributed by atoms with Crippen LogP contribution in [0.3, 0.4) is 0 Å². The average molecular weight is 352 g/mol. The Labute approximate surface area is 154 Å². The minimum absolute atomic E-state index is 0.0656. The van der Waals surface area contributed by atoms with E-state index in [-0.39, 0.29) is 6.61 Å². The number of nitrogens with one attached hydrogen (secondary N) is 2. The maximum atomic E-state index is 12.1. The first-order valence-corrected chi connectivity index (χ1v) is 8.33. The van der Waals surface area contributed by atoms with E-state index in [9.17, 15) is 9.59 Å². The second-order valence-electron chi connectivity index (χ2n) is 6.51. The first-order valence-electron chi connectivity index (χ1n) is 8.33. The van der Waals surface area contributed by atoms with Crippen molar-refractivity contribution < 1.29 is 14.3 Å². The van der Waals surface area contributed by atoms with E-state index in [1.807, 2.05) is 62.4 Å². The summed E-state index contributed by atoms with van der Waals surface area (Å²) >= 11 is 0. The zero-order valence-electron chi connectivity index (χ0n) is 15.2. The molecular formula is C21H24N2O3. The number of carbonyl (C=O) groups excluding carboxylic acids is 2. The lowest BCUT2D eigenvalue weighted by molar-refractivity contribution is -0.156. The Bertz CT molecular complexity index is 778. The largest absolute Gasteiger partial charge is 0.454 e. The van der Waals surface area contributed by atoms with Gasteiger partial charge in [0.2, 0.25) is 0 Å². The standard InChI is InChI=1S/C21H24N2O3/c1-15(2)22-16(3)18-10-12-21(4,13-11-18)23-19(24)20(25)26-14-17-8-6-5-7-9-17/h5-12,22H,1,3,13-14H2,2,4H3,(H,23,24). The van der Waals surface area contributed by atoms with Gasteiger partial charge in [-0.05, 0) is 31.4 Å². The molecule has 26 heavy (non-hydrogen) atoms. The molecule has 0 fully saturated rings. The van der Waals surface area contributed by atoms with Crippen LogP contribution in [0.5, 0.6) is 0 Å². The number of esters is 1. The average Bonchev–Trinajstić information content (AvgIpc) is 2.60. The van der Waals surface area contributed by atoms with Crippen LogP contribution >= 0.6 is 0 Å². The van der Waals surface area contributed by atoms with Crippen molar-refractivity contribution in [3.63, 3.8) is 0 Å². The van der Waals surface area contributed by atoms with Crippen molar-refractivity contribution >= 4 is 11.9 Å². The van der Waals surface area contributed by atoms with Crippen molar-refractivity contribution in [2.75, 3.05) is 0 Å². The molecule has 0 spiro atoms. The summed E-state index contributed by atoms with van der Waals surface area (Å²) in [4.78, 5) is 24.0. The van der Waals surface area contributed by atoms with E-state index in [2.05, 4.69) is 23.8 Å². The van der Waals surface area contributed by atoms with Crippen molar-refractivity contribution in [3.8, 4) is 0 Å². The van der Waals surface area contributed by atoms with Crippen LogP contribution in [0.1, 0.15) is 25.8 Å². The topological polar surface area (TPSA) is 67.4 Å². The zero-order chi connectivity index (χ0) is 19.2. The number of ether oxygens (including phenoxy) is 1. The molecule has 5 heteroatoms. The van der Waals surface area contributed by atoms with Gasteiger partial charge in [0.05, 0.1) is 5.54 Å². The van der Waals surface area contributed by atoms with Crippen LogP contribution in [-0.2, 0) is 20.9 Å². The van der Waals surface area contributed by atoms with E-state index in [0.717, 1.165) is 22.5 Å². The Balaban J connectivity index is 1.88. The highest BCUT2D eigenvalue weighted by molar-refractivity contribution is 6.32. The number of amides is 1. The van der Waals surface area contributed by atoms with Gasteiger partial charge in [-0.1, -0.05) is 61.7 Å². The van der Waals surface area contributed by atoms with Gasteiger partial charge in [-0.3, -0.25) is 4.79 Å². The maximum absolute atomic E-state index is 12.1. The fraction of sp³-hybridized carbons (Fsp3) is 0.238. The Kier molecular flexibility index (Phi) is 6.17. The van der Waals surface area contributed by atoms with E-state index in [1.165, 1.54) is 0 Å². The van der Waals surface area contributed by atoms with E-state index in [0.29, 0.717) is 6.42 Å². The van der Waals surface area contributed by atoms with Gasteiger partial charge in [0, 0.05) is 11.4 Å². The lowest BCUT2D eigenvalue weighted by atomic mass is 9.89. The summed E-state index contributed by atoms with van der Waals surface area (Å²) in [6.07, 6.45) is 6.19. The summed E-state index contributed by atoms with van der Waals surface area (Å²) in [7, 11) is 0. The van der Waals surface area contributed by atoms with Crippen molar-refractivity contribution in [3.05, 3.63) is 84.2 Å². The van der Waals surface area contributed by atoms with Crippen LogP contribution in [0.2, 0.25) is 0 Å².